The van der Waals surface area contributed by atoms with E-state index in [9.17, 15) is 4.79 Å². The smallest absolute Gasteiger partial charge is 0.303 e. The molecule has 0 aromatic carbocycles. The third-order valence-electron chi connectivity index (χ3n) is 4.05. The van der Waals surface area contributed by atoms with E-state index in [1.807, 2.05) is 6.92 Å². The summed E-state index contributed by atoms with van der Waals surface area (Å²) < 4.78 is 1.76. The van der Waals surface area contributed by atoms with Crippen molar-refractivity contribution in [3.05, 3.63) is 5.82 Å². The van der Waals surface area contributed by atoms with Crippen molar-refractivity contribution in [1.29, 1.82) is 0 Å². The maximum absolute atomic E-state index is 10.8. The van der Waals surface area contributed by atoms with Crippen LogP contribution in [0, 0.1) is 17.3 Å². The van der Waals surface area contributed by atoms with Gasteiger partial charge in [-0.25, -0.2) is 4.68 Å². The summed E-state index contributed by atoms with van der Waals surface area (Å²) in [5.74, 6) is 0.595. The van der Waals surface area contributed by atoms with Crippen LogP contribution >= 0.6 is 0 Å². The highest BCUT2D eigenvalue weighted by molar-refractivity contribution is 5.66. The van der Waals surface area contributed by atoms with Gasteiger partial charge in [0.15, 0.2) is 5.82 Å². The molecule has 2 unspecified atom stereocenters. The summed E-state index contributed by atoms with van der Waals surface area (Å²) in [6, 6.07) is 0. The summed E-state index contributed by atoms with van der Waals surface area (Å²) in [6.07, 6.45) is 1.77. The van der Waals surface area contributed by atoms with E-state index in [1.165, 1.54) is 0 Å². The van der Waals surface area contributed by atoms with Crippen LogP contribution in [0.15, 0.2) is 0 Å². The Bertz CT molecular complexity index is 437. The van der Waals surface area contributed by atoms with Crippen molar-refractivity contribution in [3.63, 3.8) is 0 Å². The zero-order chi connectivity index (χ0) is 15.3. The third-order valence-corrected chi connectivity index (χ3v) is 4.05. The minimum atomic E-state index is -0.769. The molecule has 0 fully saturated rings. The Labute approximate surface area is 120 Å². The van der Waals surface area contributed by atoms with Gasteiger partial charge in [-0.15, -0.1) is 5.10 Å². The number of aliphatic carboxylic acids is 1. The predicted octanol–water partition coefficient (Wildman–Crippen LogP) is 2.40. The Morgan fingerprint density at radius 1 is 1.40 bits per heavy atom. The number of carboxylic acid groups (broad SMARTS) is 1. The van der Waals surface area contributed by atoms with Gasteiger partial charge in [-0.2, -0.15) is 0 Å². The van der Waals surface area contributed by atoms with Gasteiger partial charge in [-0.3, -0.25) is 4.79 Å². The molecule has 0 bridgehead atoms. The SMILES string of the molecule is CCC(CC(=O)O)Cn1nnnc1CC(C)C(C)(C)C. The summed E-state index contributed by atoms with van der Waals surface area (Å²) in [5, 5.41) is 20.7. The van der Waals surface area contributed by atoms with E-state index in [0.717, 1.165) is 18.7 Å². The number of hydrogen-bond acceptors (Lipinski definition) is 4. The number of carboxylic acids is 1. The molecular weight excluding hydrogens is 256 g/mol. The second-order valence-corrected chi connectivity index (χ2v) is 6.62. The first-order valence-corrected chi connectivity index (χ1v) is 7.20. The second kappa shape index (κ2) is 6.81. The quantitative estimate of drug-likeness (QED) is 0.830. The molecular formula is C14H26N4O2. The molecule has 1 aromatic heterocycles. The summed E-state index contributed by atoms with van der Waals surface area (Å²) in [7, 11) is 0. The van der Waals surface area contributed by atoms with Crippen molar-refractivity contribution < 1.29 is 9.90 Å². The van der Waals surface area contributed by atoms with Crippen molar-refractivity contribution in [2.75, 3.05) is 0 Å². The summed E-state index contributed by atoms with van der Waals surface area (Å²) in [6.45, 7) is 11.4. The fourth-order valence-corrected chi connectivity index (χ4v) is 1.92. The molecule has 6 nitrogen and oxygen atoms in total. The molecule has 1 aromatic rings. The molecule has 0 aliphatic rings. The Hall–Kier alpha value is -1.46. The molecule has 0 spiro atoms. The van der Waals surface area contributed by atoms with Crippen LogP contribution in [-0.2, 0) is 17.8 Å². The van der Waals surface area contributed by atoms with Crippen LogP contribution in [0.2, 0.25) is 0 Å². The van der Waals surface area contributed by atoms with Crippen LogP contribution in [0.25, 0.3) is 0 Å². The average molecular weight is 282 g/mol. The van der Waals surface area contributed by atoms with Crippen molar-refractivity contribution in [2.45, 2.75) is 60.4 Å². The molecule has 1 rings (SSSR count). The number of aromatic nitrogens is 4. The summed E-state index contributed by atoms with van der Waals surface area (Å²) in [4.78, 5) is 10.8. The highest BCUT2D eigenvalue weighted by atomic mass is 16.4. The van der Waals surface area contributed by atoms with Crippen molar-refractivity contribution >= 4 is 5.97 Å². The maximum Gasteiger partial charge on any atom is 0.303 e. The van der Waals surface area contributed by atoms with Crippen molar-refractivity contribution in [3.8, 4) is 0 Å². The summed E-state index contributed by atoms with van der Waals surface area (Å²) in [5.41, 5.74) is 0.196. The lowest BCUT2D eigenvalue weighted by molar-refractivity contribution is -0.138. The molecule has 2 atom stereocenters. The van der Waals surface area contributed by atoms with Gasteiger partial charge in [-0.05, 0) is 27.7 Å². The van der Waals surface area contributed by atoms with E-state index in [-0.39, 0.29) is 17.8 Å². The molecule has 1 heterocycles. The first-order chi connectivity index (χ1) is 9.24. The van der Waals surface area contributed by atoms with E-state index in [2.05, 4.69) is 43.2 Å². The number of nitrogens with zero attached hydrogens (tertiary/aromatic N) is 4. The largest absolute Gasteiger partial charge is 0.481 e. The zero-order valence-electron chi connectivity index (χ0n) is 13.1. The van der Waals surface area contributed by atoms with E-state index in [1.54, 1.807) is 4.68 Å². The van der Waals surface area contributed by atoms with Crippen molar-refractivity contribution in [2.24, 2.45) is 17.3 Å². The molecule has 6 heteroatoms. The molecule has 0 aliphatic carbocycles. The standard InChI is InChI=1S/C14H26N4O2/c1-6-11(8-13(19)20)9-18-12(15-16-17-18)7-10(2)14(3,4)5/h10-11H,6-9H2,1-5H3,(H,19,20). The van der Waals surface area contributed by atoms with E-state index < -0.39 is 5.97 Å². The average Bonchev–Trinajstić information content (AvgIpc) is 2.73. The minimum absolute atomic E-state index is 0.0692. The van der Waals surface area contributed by atoms with Gasteiger partial charge in [0.05, 0.1) is 0 Å². The topological polar surface area (TPSA) is 80.9 Å². The Balaban J connectivity index is 2.73. The molecule has 0 aliphatic heterocycles. The van der Waals surface area contributed by atoms with Crippen LogP contribution < -0.4 is 0 Å². The van der Waals surface area contributed by atoms with E-state index in [4.69, 9.17) is 5.11 Å². The van der Waals surface area contributed by atoms with Crippen molar-refractivity contribution in [1.82, 2.24) is 20.2 Å². The lowest BCUT2D eigenvalue weighted by Gasteiger charge is -2.26. The molecule has 0 saturated heterocycles. The maximum atomic E-state index is 10.8. The van der Waals surface area contributed by atoms with Gasteiger partial charge in [0.2, 0.25) is 0 Å². The zero-order valence-corrected chi connectivity index (χ0v) is 13.1. The monoisotopic (exact) mass is 282 g/mol. The van der Waals surface area contributed by atoms with Crippen LogP contribution in [-0.4, -0.2) is 31.3 Å². The third kappa shape index (κ3) is 4.90. The number of tetrazole rings is 1. The fourth-order valence-electron chi connectivity index (χ4n) is 1.92. The van der Waals surface area contributed by atoms with Gasteiger partial charge in [0.25, 0.3) is 0 Å². The Morgan fingerprint density at radius 2 is 2.05 bits per heavy atom. The highest BCUT2D eigenvalue weighted by Gasteiger charge is 2.23. The van der Waals surface area contributed by atoms with E-state index in [0.29, 0.717) is 12.5 Å². The van der Waals surface area contributed by atoms with E-state index >= 15 is 0 Å². The van der Waals surface area contributed by atoms with Crippen LogP contribution in [0.4, 0.5) is 0 Å². The minimum Gasteiger partial charge on any atom is -0.481 e. The lowest BCUT2D eigenvalue weighted by atomic mass is 9.80. The van der Waals surface area contributed by atoms with Gasteiger partial charge < -0.3 is 5.11 Å². The van der Waals surface area contributed by atoms with Gasteiger partial charge in [0, 0.05) is 19.4 Å². The first-order valence-electron chi connectivity index (χ1n) is 7.20. The normalized spacial score (nSPS) is 15.1. The molecule has 114 valence electrons. The Kier molecular flexibility index (Phi) is 5.65. The van der Waals surface area contributed by atoms with Crippen LogP contribution in [0.1, 0.15) is 53.3 Å². The summed E-state index contributed by atoms with van der Waals surface area (Å²) >= 11 is 0. The predicted molar refractivity (Wildman–Crippen MR) is 76.2 cm³/mol. The molecule has 1 N–H and O–H groups in total. The number of rotatable bonds is 7. The number of hydrogen-bond donors (Lipinski definition) is 1. The second-order valence-electron chi connectivity index (χ2n) is 6.62. The molecule has 0 amide bonds. The Morgan fingerprint density at radius 3 is 2.55 bits per heavy atom. The van der Waals surface area contributed by atoms with Gasteiger partial charge in [0.1, 0.15) is 0 Å². The molecule has 0 radical (unpaired) electrons. The first kappa shape index (κ1) is 16.6. The van der Waals surface area contributed by atoms with Gasteiger partial charge >= 0.3 is 5.97 Å². The molecule has 20 heavy (non-hydrogen) atoms. The van der Waals surface area contributed by atoms with Gasteiger partial charge in [-0.1, -0.05) is 41.0 Å². The lowest BCUT2D eigenvalue weighted by Crippen LogP contribution is -2.23. The fraction of sp³-hybridized carbons (Fsp3) is 0.857. The molecule has 0 saturated carbocycles. The van der Waals surface area contributed by atoms with Crippen LogP contribution in [0.3, 0.4) is 0 Å². The highest BCUT2D eigenvalue weighted by Crippen LogP contribution is 2.28. The number of carbonyl (C=O) groups is 1. The van der Waals surface area contributed by atoms with Crippen LogP contribution in [0.5, 0.6) is 0 Å².